The minimum atomic E-state index is -4.98. The monoisotopic (exact) mass is 384 g/mol. The average Bonchev–Trinajstić information content (AvgIpc) is 2.46. The zero-order chi connectivity index (χ0) is 18.2. The summed E-state index contributed by atoms with van der Waals surface area (Å²) in [6, 6.07) is 0. The van der Waals surface area contributed by atoms with Crippen molar-refractivity contribution in [3.05, 3.63) is 0 Å². The maximum atomic E-state index is 13.4. The first-order valence-corrected chi connectivity index (χ1v) is 8.47. The predicted octanol–water partition coefficient (Wildman–Crippen LogP) is 0.549. The topological polar surface area (TPSA) is 54.4 Å². The minimum absolute atomic E-state index is 0. The standard InChI is InChI=1S/C12H19F7O3S.Li.H/c13-5-3-1-2-4-7(14)9(16)11(18)12(19)10(17)8(15)6-23(20,21)22;;/h7-12H,1-6H2,(H,20,21,22);;/q;+1;-1. The largest absolute Gasteiger partial charge is 1.00 e. The molecule has 3 nitrogen and oxygen atoms in total. The van der Waals surface area contributed by atoms with Crippen LogP contribution in [0.4, 0.5) is 30.7 Å². The first-order valence-electron chi connectivity index (χ1n) is 6.86. The van der Waals surface area contributed by atoms with Gasteiger partial charge in [-0.05, 0) is 12.8 Å². The van der Waals surface area contributed by atoms with Crippen LogP contribution in [-0.2, 0) is 10.1 Å². The molecule has 0 spiro atoms. The van der Waals surface area contributed by atoms with Crippen LogP contribution in [0.5, 0.6) is 0 Å². The number of rotatable bonds is 12. The predicted molar refractivity (Wildman–Crippen MR) is 71.3 cm³/mol. The second kappa shape index (κ2) is 12.4. The van der Waals surface area contributed by atoms with Gasteiger partial charge in [-0.15, -0.1) is 0 Å². The third kappa shape index (κ3) is 10.1. The Kier molecular flexibility index (Phi) is 13.5. The van der Waals surface area contributed by atoms with Crippen molar-refractivity contribution in [1.29, 1.82) is 0 Å². The molecule has 0 radical (unpaired) electrons. The van der Waals surface area contributed by atoms with E-state index in [4.69, 9.17) is 4.55 Å². The Morgan fingerprint density at radius 3 is 1.67 bits per heavy atom. The quantitative estimate of drug-likeness (QED) is 0.231. The molecule has 0 aromatic rings. The van der Waals surface area contributed by atoms with Crippen LogP contribution in [0.3, 0.4) is 0 Å². The van der Waals surface area contributed by atoms with Crippen LogP contribution in [0, 0.1) is 0 Å². The van der Waals surface area contributed by atoms with Gasteiger partial charge in [0.1, 0.15) is 11.9 Å². The fourth-order valence-electron chi connectivity index (χ4n) is 1.81. The second-order valence-corrected chi connectivity index (χ2v) is 6.59. The van der Waals surface area contributed by atoms with Crippen LogP contribution < -0.4 is 18.9 Å². The van der Waals surface area contributed by atoms with E-state index in [1.165, 1.54) is 0 Å². The molecule has 0 fully saturated rings. The molecule has 0 saturated heterocycles. The zero-order valence-electron chi connectivity index (χ0n) is 14.0. The zero-order valence-corrected chi connectivity index (χ0v) is 13.8. The maximum Gasteiger partial charge on any atom is 1.00 e. The van der Waals surface area contributed by atoms with Crippen LogP contribution in [0.2, 0.25) is 0 Å². The maximum absolute atomic E-state index is 13.4. The Morgan fingerprint density at radius 2 is 1.25 bits per heavy atom. The number of halogens is 7. The summed E-state index contributed by atoms with van der Waals surface area (Å²) in [6.45, 7) is -0.663. The fraction of sp³-hybridized carbons (Fsp3) is 1.00. The molecule has 0 saturated carbocycles. The van der Waals surface area contributed by atoms with Crippen molar-refractivity contribution in [3.8, 4) is 0 Å². The molecule has 1 N–H and O–H groups in total. The molecule has 0 aromatic carbocycles. The molecule has 0 aliphatic heterocycles. The molecule has 0 aliphatic rings. The molecular formula is C12H20F7LiO3S. The van der Waals surface area contributed by atoms with Gasteiger partial charge in [0.15, 0.2) is 30.9 Å². The SMILES string of the molecule is O=S(=O)(O)CC(F)C(F)C(F)C(F)C(F)C(F)CCCCCF.[H-].[Li+]. The molecule has 6 unspecified atom stereocenters. The van der Waals surface area contributed by atoms with E-state index in [2.05, 4.69) is 0 Å². The first-order chi connectivity index (χ1) is 10.5. The van der Waals surface area contributed by atoms with Crippen molar-refractivity contribution in [1.82, 2.24) is 0 Å². The molecule has 0 aliphatic carbocycles. The van der Waals surface area contributed by atoms with Crippen LogP contribution in [0.25, 0.3) is 0 Å². The van der Waals surface area contributed by atoms with Crippen LogP contribution in [-0.4, -0.2) is 62.4 Å². The van der Waals surface area contributed by atoms with Gasteiger partial charge < -0.3 is 1.43 Å². The Bertz CT molecular complexity index is 435. The summed E-state index contributed by atoms with van der Waals surface area (Å²) >= 11 is 0. The minimum Gasteiger partial charge on any atom is -1.00 e. The van der Waals surface area contributed by atoms with Gasteiger partial charge >= 0.3 is 18.9 Å². The van der Waals surface area contributed by atoms with Crippen molar-refractivity contribution in [2.45, 2.75) is 62.7 Å². The Balaban J connectivity index is -0.00000242. The van der Waals surface area contributed by atoms with Crippen molar-refractivity contribution >= 4 is 10.1 Å². The van der Waals surface area contributed by atoms with E-state index < -0.39 is 66.0 Å². The van der Waals surface area contributed by atoms with Gasteiger partial charge in [0.05, 0.1) is 6.67 Å². The average molecular weight is 384 g/mol. The van der Waals surface area contributed by atoms with E-state index in [1.54, 1.807) is 0 Å². The summed E-state index contributed by atoms with van der Waals surface area (Å²) in [5, 5.41) is 0. The van der Waals surface area contributed by atoms with E-state index in [9.17, 15) is 39.2 Å². The number of unbranched alkanes of at least 4 members (excludes halogenated alkanes) is 2. The Morgan fingerprint density at radius 1 is 0.792 bits per heavy atom. The molecule has 0 rings (SSSR count). The van der Waals surface area contributed by atoms with Gasteiger partial charge in [0.2, 0.25) is 0 Å². The normalized spacial score (nSPS) is 19.7. The molecule has 12 heteroatoms. The van der Waals surface area contributed by atoms with Gasteiger partial charge in [0, 0.05) is 0 Å². The van der Waals surface area contributed by atoms with E-state index in [1.807, 2.05) is 0 Å². The summed E-state index contributed by atoms with van der Waals surface area (Å²) in [5.41, 5.74) is 0. The van der Waals surface area contributed by atoms with Gasteiger partial charge in [-0.2, -0.15) is 8.42 Å². The summed E-state index contributed by atoms with van der Waals surface area (Å²) in [6.07, 6.45) is -19.1. The molecule has 6 atom stereocenters. The molecule has 0 aromatic heterocycles. The number of alkyl halides is 7. The van der Waals surface area contributed by atoms with Crippen molar-refractivity contribution in [2.24, 2.45) is 0 Å². The number of hydrogen-bond donors (Lipinski definition) is 1. The van der Waals surface area contributed by atoms with E-state index in [-0.39, 0.29) is 39.5 Å². The molecule has 142 valence electrons. The second-order valence-electron chi connectivity index (χ2n) is 5.10. The fourth-order valence-corrected chi connectivity index (χ4v) is 2.40. The molecule has 0 heterocycles. The first kappa shape index (κ1) is 26.2. The van der Waals surface area contributed by atoms with Gasteiger partial charge in [-0.3, -0.25) is 8.94 Å². The smallest absolute Gasteiger partial charge is 1.00 e. The van der Waals surface area contributed by atoms with Crippen LogP contribution in [0.1, 0.15) is 27.1 Å². The molecule has 24 heavy (non-hydrogen) atoms. The van der Waals surface area contributed by atoms with Gasteiger partial charge in [-0.25, -0.2) is 26.3 Å². The summed E-state index contributed by atoms with van der Waals surface area (Å²) in [5.74, 6) is -1.83. The third-order valence-corrected chi connectivity index (χ3v) is 3.83. The molecule has 0 bridgehead atoms. The Hall–Kier alpha value is 0.0174. The van der Waals surface area contributed by atoms with Crippen molar-refractivity contribution in [2.75, 3.05) is 12.4 Å². The number of hydrogen-bond acceptors (Lipinski definition) is 2. The van der Waals surface area contributed by atoms with E-state index in [0.717, 1.165) is 0 Å². The summed E-state index contributed by atoms with van der Waals surface area (Å²) in [4.78, 5) is 0. The van der Waals surface area contributed by atoms with Gasteiger partial charge in [-0.1, -0.05) is 12.8 Å². The summed E-state index contributed by atoms with van der Waals surface area (Å²) in [7, 11) is -4.98. The molecular weight excluding hydrogens is 364 g/mol. The van der Waals surface area contributed by atoms with Crippen LogP contribution >= 0.6 is 0 Å². The van der Waals surface area contributed by atoms with Crippen molar-refractivity contribution < 1.29 is 64.0 Å². The van der Waals surface area contributed by atoms with E-state index in [0.29, 0.717) is 0 Å². The van der Waals surface area contributed by atoms with E-state index >= 15 is 0 Å². The summed E-state index contributed by atoms with van der Waals surface area (Å²) < 4.78 is 121. The third-order valence-electron chi connectivity index (χ3n) is 3.09. The van der Waals surface area contributed by atoms with Crippen molar-refractivity contribution in [3.63, 3.8) is 0 Å². The molecule has 0 amide bonds. The van der Waals surface area contributed by atoms with Gasteiger partial charge in [0.25, 0.3) is 10.1 Å². The van der Waals surface area contributed by atoms with Crippen LogP contribution in [0.15, 0.2) is 0 Å². The Labute approximate surface area is 149 Å².